The summed E-state index contributed by atoms with van der Waals surface area (Å²) >= 11 is 6.83. The van der Waals surface area contributed by atoms with E-state index in [9.17, 15) is 9.59 Å². The van der Waals surface area contributed by atoms with Crippen LogP contribution in [0.25, 0.3) is 0 Å². The van der Waals surface area contributed by atoms with E-state index in [4.69, 9.17) is 11.6 Å². The molecule has 0 saturated heterocycles. The molecule has 0 aliphatic heterocycles. The summed E-state index contributed by atoms with van der Waals surface area (Å²) in [6, 6.07) is 9.92. The maximum Gasteiger partial charge on any atom is 0.242 e. The highest BCUT2D eigenvalue weighted by molar-refractivity contribution is 6.24. The van der Waals surface area contributed by atoms with Crippen LogP contribution in [0.1, 0.15) is 57.1 Å². The van der Waals surface area contributed by atoms with Gasteiger partial charge in [-0.1, -0.05) is 30.3 Å². The van der Waals surface area contributed by atoms with E-state index in [2.05, 4.69) is 5.32 Å². The number of carbonyl (C=O) groups is 2. The van der Waals surface area contributed by atoms with Crippen LogP contribution in [0.5, 0.6) is 0 Å². The minimum atomic E-state index is -0.351. The fraction of sp³-hybridized carbons (Fsp3) is 0.636. The molecule has 3 atom stereocenters. The Morgan fingerprint density at radius 1 is 1.19 bits per heavy atom. The number of hydrogen-bond donors (Lipinski definition) is 1. The van der Waals surface area contributed by atoms with Gasteiger partial charge < -0.3 is 10.2 Å². The Morgan fingerprint density at radius 2 is 1.81 bits per heavy atom. The van der Waals surface area contributed by atoms with Crippen LogP contribution in [0, 0.1) is 17.3 Å². The average Bonchev–Trinajstić information content (AvgIpc) is 2.63. The van der Waals surface area contributed by atoms with E-state index in [-0.39, 0.29) is 34.7 Å². The number of nitrogens with one attached hydrogen (secondary N) is 1. The van der Waals surface area contributed by atoms with Crippen molar-refractivity contribution in [1.82, 2.24) is 10.2 Å². The molecule has 1 aromatic carbocycles. The molecule has 4 bridgehead atoms. The normalized spacial score (nSPS) is 34.9. The molecule has 2 amide bonds. The molecule has 0 heterocycles. The fourth-order valence-electron chi connectivity index (χ4n) is 6.06. The van der Waals surface area contributed by atoms with Crippen LogP contribution in [0.2, 0.25) is 0 Å². The maximum absolute atomic E-state index is 13.1. The van der Waals surface area contributed by atoms with Gasteiger partial charge in [0.2, 0.25) is 11.8 Å². The molecule has 0 radical (unpaired) electrons. The van der Waals surface area contributed by atoms with E-state index in [1.165, 1.54) is 6.42 Å². The Hall–Kier alpha value is -1.55. The minimum absolute atomic E-state index is 0.0266. The van der Waals surface area contributed by atoms with Crippen molar-refractivity contribution in [3.05, 3.63) is 35.9 Å². The van der Waals surface area contributed by atoms with Gasteiger partial charge in [-0.2, -0.15) is 0 Å². The van der Waals surface area contributed by atoms with Gasteiger partial charge in [-0.05, 0) is 62.8 Å². The lowest BCUT2D eigenvalue weighted by atomic mass is 9.49. The Bertz CT molecular complexity index is 721. The van der Waals surface area contributed by atoms with Crippen LogP contribution in [0.3, 0.4) is 0 Å². The van der Waals surface area contributed by atoms with Crippen LogP contribution in [0.15, 0.2) is 30.3 Å². The van der Waals surface area contributed by atoms with Gasteiger partial charge in [0.25, 0.3) is 0 Å². The molecule has 1 aromatic rings. The molecule has 4 saturated carbocycles. The van der Waals surface area contributed by atoms with Crippen molar-refractivity contribution in [1.29, 1.82) is 0 Å². The third kappa shape index (κ3) is 3.49. The van der Waals surface area contributed by atoms with Gasteiger partial charge in [0.1, 0.15) is 0 Å². The molecular weight excluding hydrogens is 360 g/mol. The van der Waals surface area contributed by atoms with Gasteiger partial charge in [-0.3, -0.25) is 9.59 Å². The van der Waals surface area contributed by atoms with E-state index in [1.54, 1.807) is 11.9 Å². The number of amides is 2. The average molecular weight is 389 g/mol. The summed E-state index contributed by atoms with van der Waals surface area (Å²) in [7, 11) is 1.80. The number of rotatable bonds is 5. The van der Waals surface area contributed by atoms with Gasteiger partial charge in [-0.15, -0.1) is 11.6 Å². The van der Waals surface area contributed by atoms with Gasteiger partial charge in [0, 0.05) is 11.9 Å². The highest BCUT2D eigenvalue weighted by Gasteiger charge is 2.60. The molecular formula is C22H29ClN2O2. The molecule has 146 valence electrons. The van der Waals surface area contributed by atoms with Crippen LogP contribution in [0.4, 0.5) is 0 Å². The zero-order valence-corrected chi connectivity index (χ0v) is 17.0. The highest BCUT2D eigenvalue weighted by atomic mass is 35.5. The summed E-state index contributed by atoms with van der Waals surface area (Å²) < 4.78 is 0. The SMILES string of the molecule is CC(c1ccccc1)N(C)C(=O)CNC(=O)C12CC3CC(CC(Cl)(C3)C1)C2. The second-order valence-electron chi connectivity index (χ2n) is 9.17. The summed E-state index contributed by atoms with van der Waals surface area (Å²) in [5.74, 6) is 1.12. The van der Waals surface area contributed by atoms with E-state index in [0.717, 1.165) is 37.7 Å². The van der Waals surface area contributed by atoms with E-state index in [1.807, 2.05) is 37.3 Å². The van der Waals surface area contributed by atoms with E-state index < -0.39 is 0 Å². The Balaban J connectivity index is 1.37. The number of nitrogens with zero attached hydrogens (tertiary/aromatic N) is 1. The van der Waals surface area contributed by atoms with Crippen LogP contribution in [-0.2, 0) is 9.59 Å². The number of benzene rings is 1. The molecule has 4 fully saturated rings. The van der Waals surface area contributed by atoms with E-state index >= 15 is 0 Å². The lowest BCUT2D eigenvalue weighted by Crippen LogP contribution is -2.59. The second-order valence-corrected chi connectivity index (χ2v) is 9.97. The zero-order valence-electron chi connectivity index (χ0n) is 16.2. The largest absolute Gasteiger partial charge is 0.347 e. The number of carbonyl (C=O) groups excluding carboxylic acids is 2. The first-order chi connectivity index (χ1) is 12.8. The number of halogens is 1. The molecule has 0 spiro atoms. The monoisotopic (exact) mass is 388 g/mol. The quantitative estimate of drug-likeness (QED) is 0.777. The van der Waals surface area contributed by atoms with Gasteiger partial charge >= 0.3 is 0 Å². The summed E-state index contributed by atoms with van der Waals surface area (Å²) in [5, 5.41) is 2.96. The van der Waals surface area contributed by atoms with Gasteiger partial charge in [0.05, 0.1) is 18.0 Å². The second kappa shape index (κ2) is 6.80. The molecule has 27 heavy (non-hydrogen) atoms. The third-order valence-electron chi connectivity index (χ3n) is 7.13. The van der Waals surface area contributed by atoms with Crippen molar-refractivity contribution < 1.29 is 9.59 Å². The molecule has 0 aromatic heterocycles. The van der Waals surface area contributed by atoms with Gasteiger partial charge in [-0.25, -0.2) is 0 Å². The Kier molecular flexibility index (Phi) is 4.74. The summed E-state index contributed by atoms with van der Waals surface area (Å²) in [6.07, 6.45) is 5.97. The standard InChI is InChI=1S/C22H29ClN2O2/c1-15(18-6-4-3-5-7-18)25(2)19(26)13-24-20(27)21-9-16-8-17(10-21)12-22(23,11-16)14-21/h3-7,15-17H,8-14H2,1-2H3,(H,24,27). The zero-order chi connectivity index (χ0) is 19.2. The lowest BCUT2D eigenvalue weighted by Gasteiger charge is -2.59. The summed E-state index contributed by atoms with van der Waals surface area (Å²) in [4.78, 5) is 27.2. The number of hydrogen-bond acceptors (Lipinski definition) is 2. The molecule has 1 N–H and O–H groups in total. The van der Waals surface area contributed by atoms with Crippen molar-refractivity contribution in [2.24, 2.45) is 17.3 Å². The van der Waals surface area contributed by atoms with Gasteiger partial charge in [0.15, 0.2) is 0 Å². The van der Waals surface area contributed by atoms with Crippen molar-refractivity contribution in [2.45, 2.75) is 56.4 Å². The van der Waals surface area contributed by atoms with Crippen LogP contribution < -0.4 is 5.32 Å². The number of alkyl halides is 1. The summed E-state index contributed by atoms with van der Waals surface area (Å²) in [5.41, 5.74) is 0.736. The predicted octanol–water partition coefficient (Wildman–Crippen LogP) is 3.90. The smallest absolute Gasteiger partial charge is 0.242 e. The van der Waals surface area contributed by atoms with Crippen LogP contribution in [-0.4, -0.2) is 35.2 Å². The topological polar surface area (TPSA) is 49.4 Å². The lowest BCUT2D eigenvalue weighted by molar-refractivity contribution is -0.146. The third-order valence-corrected chi connectivity index (χ3v) is 7.57. The first kappa shape index (κ1) is 18.8. The molecule has 4 nitrogen and oxygen atoms in total. The molecule has 4 aliphatic carbocycles. The molecule has 5 rings (SSSR count). The highest BCUT2D eigenvalue weighted by Crippen LogP contribution is 2.63. The summed E-state index contributed by atoms with van der Waals surface area (Å²) in [6.45, 7) is 2.06. The molecule has 5 heteroatoms. The Labute approximate surface area is 166 Å². The van der Waals surface area contributed by atoms with E-state index in [0.29, 0.717) is 11.8 Å². The van der Waals surface area contributed by atoms with Crippen molar-refractivity contribution in [2.75, 3.05) is 13.6 Å². The minimum Gasteiger partial charge on any atom is -0.347 e. The first-order valence-corrected chi connectivity index (χ1v) is 10.5. The van der Waals surface area contributed by atoms with Crippen molar-refractivity contribution in [3.63, 3.8) is 0 Å². The van der Waals surface area contributed by atoms with Crippen molar-refractivity contribution in [3.8, 4) is 0 Å². The molecule has 3 unspecified atom stereocenters. The van der Waals surface area contributed by atoms with Crippen molar-refractivity contribution >= 4 is 23.4 Å². The van der Waals surface area contributed by atoms with Crippen LogP contribution >= 0.6 is 11.6 Å². The number of likely N-dealkylation sites (N-methyl/N-ethyl adjacent to an activating group) is 1. The maximum atomic E-state index is 13.1. The Morgan fingerprint density at radius 3 is 2.41 bits per heavy atom. The molecule has 4 aliphatic rings. The first-order valence-electron chi connectivity index (χ1n) is 10.1. The predicted molar refractivity (Wildman–Crippen MR) is 106 cm³/mol. The fourth-order valence-corrected chi connectivity index (χ4v) is 6.75.